The fourth-order valence-electron chi connectivity index (χ4n) is 10.1. The minimum absolute atomic E-state index is 0.0185. The van der Waals surface area contributed by atoms with E-state index in [1.165, 1.54) is 37.7 Å². The highest BCUT2D eigenvalue weighted by molar-refractivity contribution is 6.04. The van der Waals surface area contributed by atoms with Crippen molar-refractivity contribution >= 4 is 11.7 Å². The van der Waals surface area contributed by atoms with Crippen molar-refractivity contribution in [2.24, 2.45) is 51.0 Å². The zero-order valence-electron chi connectivity index (χ0n) is 37.6. The number of aryl methyl sites for hydroxylation is 1. The highest BCUT2D eigenvalue weighted by Crippen LogP contribution is 2.49. The van der Waals surface area contributed by atoms with Crippen LogP contribution in [0, 0.1) is 41.5 Å². The van der Waals surface area contributed by atoms with Crippen molar-refractivity contribution in [3.63, 3.8) is 0 Å². The van der Waals surface area contributed by atoms with Gasteiger partial charge < -0.3 is 57.3 Å². The molecule has 342 valence electrons. The van der Waals surface area contributed by atoms with Gasteiger partial charge in [-0.2, -0.15) is 12.0 Å². The number of guanidine groups is 1. The molecule has 0 radical (unpaired) electrons. The van der Waals surface area contributed by atoms with Crippen LogP contribution in [0.4, 0.5) is 0 Å². The molecule has 2 fully saturated rings. The number of aromatic hydroxyl groups is 1. The van der Waals surface area contributed by atoms with Gasteiger partial charge >= 0.3 is 0 Å². The third-order valence-corrected chi connectivity index (χ3v) is 13.5. The lowest BCUT2D eigenvalue weighted by molar-refractivity contribution is 0.120. The van der Waals surface area contributed by atoms with Crippen LogP contribution in [0.25, 0.3) is 0 Å². The number of unbranched alkanes of at least 4 members (excludes halogenated alkanes) is 1. The number of allylic oxidation sites excluding steroid dienone is 1. The molecule has 0 saturated heterocycles. The molecule has 4 aliphatic rings. The molecule has 61 heavy (non-hydrogen) atoms. The van der Waals surface area contributed by atoms with Crippen LogP contribution in [0.5, 0.6) is 11.5 Å². The molecule has 0 amide bonds. The maximum atomic E-state index is 11.4. The third kappa shape index (κ3) is 14.5. The number of hydrogen-bond acceptors (Lipinski definition) is 11. The highest BCUT2D eigenvalue weighted by atomic mass is 16.5. The number of phenolic OH excluding ortho intramolecular Hbond substituents is 1. The molecule has 2 aliphatic heterocycles. The van der Waals surface area contributed by atoms with Crippen LogP contribution >= 0.6 is 0 Å². The topological polar surface area (TPSA) is 212 Å². The van der Waals surface area contributed by atoms with Gasteiger partial charge in [0, 0.05) is 51.9 Å². The minimum Gasteiger partial charge on any atom is -0.592 e. The Hall–Kier alpha value is -3.46. The normalized spacial score (nSPS) is 23.9. The number of nitrogens with one attached hydrogen (secondary N) is 3. The molecule has 2 saturated carbocycles. The van der Waals surface area contributed by atoms with Gasteiger partial charge in [0.1, 0.15) is 12.2 Å². The first-order valence-corrected chi connectivity index (χ1v) is 23.4. The Morgan fingerprint density at radius 2 is 1.89 bits per heavy atom. The molecule has 9 unspecified atom stereocenters. The lowest BCUT2D eigenvalue weighted by Gasteiger charge is -2.32. The Kier molecular flexibility index (Phi) is 19.9. The number of aliphatic hydroxyl groups is 3. The predicted molar refractivity (Wildman–Crippen MR) is 245 cm³/mol. The van der Waals surface area contributed by atoms with Crippen LogP contribution in [-0.2, 0) is 11.2 Å². The second-order valence-electron chi connectivity index (χ2n) is 18.3. The van der Waals surface area contributed by atoms with Gasteiger partial charge in [0.25, 0.3) is 0 Å². The van der Waals surface area contributed by atoms with Crippen molar-refractivity contribution in [2.45, 2.75) is 135 Å². The van der Waals surface area contributed by atoms with Crippen molar-refractivity contribution in [2.75, 3.05) is 53.5 Å². The number of likely N-dealkylation sites (N-methyl/N-ethyl adjacent to an activating group) is 1. The molecular formula is C48H79N7O6. The van der Waals surface area contributed by atoms with E-state index in [9.17, 15) is 20.4 Å². The van der Waals surface area contributed by atoms with Crippen LogP contribution < -0.4 is 32.2 Å². The Morgan fingerprint density at radius 3 is 2.64 bits per heavy atom. The summed E-state index contributed by atoms with van der Waals surface area (Å²) < 4.78 is 12.4. The van der Waals surface area contributed by atoms with Crippen LogP contribution in [0.1, 0.15) is 109 Å². The second-order valence-corrected chi connectivity index (χ2v) is 18.3. The maximum absolute atomic E-state index is 11.4. The van der Waals surface area contributed by atoms with E-state index in [0.29, 0.717) is 67.4 Å². The number of fused-ring (bicyclic) bond motifs is 2. The molecule has 2 aliphatic carbocycles. The maximum Gasteiger partial charge on any atom is 0.189 e. The average Bonchev–Trinajstić information content (AvgIpc) is 3.99. The molecular weight excluding hydrogens is 771 g/mol. The van der Waals surface area contributed by atoms with E-state index in [4.69, 9.17) is 25.9 Å². The van der Waals surface area contributed by atoms with Gasteiger partial charge in [-0.1, -0.05) is 70.1 Å². The molecule has 13 heteroatoms. The smallest absolute Gasteiger partial charge is 0.189 e. The van der Waals surface area contributed by atoms with Crippen LogP contribution in [0.15, 0.2) is 51.7 Å². The first kappa shape index (κ1) is 48.6. The molecule has 0 aromatic heterocycles. The lowest BCUT2D eigenvalue weighted by Crippen LogP contribution is -2.49. The minimum atomic E-state index is -0.959. The summed E-state index contributed by atoms with van der Waals surface area (Å²) in [6.07, 6.45) is 18.3. The molecule has 2 heterocycles. The molecule has 13 nitrogen and oxygen atoms in total. The summed E-state index contributed by atoms with van der Waals surface area (Å²) in [5, 5.41) is 52.6. The number of nitrogens with two attached hydrogens (primary N) is 2. The lowest BCUT2D eigenvalue weighted by atomic mass is 9.75. The van der Waals surface area contributed by atoms with E-state index in [1.54, 1.807) is 13.1 Å². The number of benzene rings is 1. The molecule has 11 N–H and O–H groups in total. The number of phenols is 1. The molecule has 9 atom stereocenters. The molecule has 0 spiro atoms. The van der Waals surface area contributed by atoms with Gasteiger partial charge in [0.05, 0.1) is 18.1 Å². The largest absolute Gasteiger partial charge is 0.592 e. The van der Waals surface area contributed by atoms with Gasteiger partial charge in [-0.3, -0.25) is 4.99 Å². The zero-order chi connectivity index (χ0) is 43.7. The van der Waals surface area contributed by atoms with Crippen LogP contribution in [-0.4, -0.2) is 110 Å². The van der Waals surface area contributed by atoms with E-state index in [0.717, 1.165) is 87.4 Å². The summed E-state index contributed by atoms with van der Waals surface area (Å²) in [6, 6.07) is 6.09. The fraction of sp³-hybridized carbons (Fsp3) is 0.708. The summed E-state index contributed by atoms with van der Waals surface area (Å²) in [4.78, 5) is 8.96. The predicted octanol–water partition coefficient (Wildman–Crippen LogP) is 5.08. The number of aliphatic imine (C=N–C) groups is 2. The standard InChI is InChI=1S/C48H79N7O6/c1-31(26-54-48(50)52-4)9-7-11-33(21-22-49)10-5-6-14-45-36(29-56)24-37(61-45)18-15-34-16-20-43(58)46(23-34)60-30-44(59)41-25-39-40(55-41)19-17-35-12-8-13-38(35)47(39)42(28-51-3)53-27-32(2)57/h16,20,23-25,31-33,35,38,42,44-45,47,51,53,56-59H,5-15,17-19,21-22,26-30,49H2,1-4H3,(H3,50,52,54). The van der Waals surface area contributed by atoms with Crippen molar-refractivity contribution in [1.82, 2.24) is 16.0 Å². The average molecular weight is 850 g/mol. The molecule has 5 rings (SSSR count). The van der Waals surface area contributed by atoms with Crippen molar-refractivity contribution in [1.29, 1.82) is 0 Å². The Balaban J connectivity index is 1.08. The first-order chi connectivity index (χ1) is 29.5. The van der Waals surface area contributed by atoms with Crippen molar-refractivity contribution in [3.05, 3.63) is 59.2 Å². The summed E-state index contributed by atoms with van der Waals surface area (Å²) in [7, 11) is 3.66. The molecule has 0 bridgehead atoms. The number of aliphatic hydroxyl groups excluding tert-OH is 3. The van der Waals surface area contributed by atoms with Crippen molar-refractivity contribution < 1.29 is 29.9 Å². The Bertz CT molecular complexity index is 1600. The summed E-state index contributed by atoms with van der Waals surface area (Å²) in [6.45, 7) is 6.83. The Labute approximate surface area is 366 Å². The van der Waals surface area contributed by atoms with Gasteiger partial charge in [0.2, 0.25) is 0 Å². The SMILES string of the molecule is CN=C(N)NCC(C)CCCC(CCN)CCCCC1OC(CCc2ccc(O)c(OCC(O)[C+]3C=C4C(=N3)CCC3CCCC3C4C(CNC)NCC(C)O)c2)=C[C-]1CO. The second kappa shape index (κ2) is 25.0. The van der Waals surface area contributed by atoms with Gasteiger partial charge in [-0.25, -0.2) is 0 Å². The van der Waals surface area contributed by atoms with Gasteiger partial charge in [0.15, 0.2) is 35.3 Å². The fourth-order valence-corrected chi connectivity index (χ4v) is 10.1. The van der Waals surface area contributed by atoms with Crippen molar-refractivity contribution in [3.8, 4) is 11.5 Å². The summed E-state index contributed by atoms with van der Waals surface area (Å²) >= 11 is 0. The summed E-state index contributed by atoms with van der Waals surface area (Å²) in [5.74, 6) is 5.19. The third-order valence-electron chi connectivity index (χ3n) is 13.5. The van der Waals surface area contributed by atoms with E-state index in [-0.39, 0.29) is 37.0 Å². The first-order valence-electron chi connectivity index (χ1n) is 23.4. The molecule has 1 aromatic rings. The molecule has 1 aromatic carbocycles. The number of rotatable bonds is 27. The quantitative estimate of drug-likeness (QED) is 0.0247. The van der Waals surface area contributed by atoms with E-state index >= 15 is 0 Å². The monoisotopic (exact) mass is 850 g/mol. The van der Waals surface area contributed by atoms with Crippen LogP contribution in [0.2, 0.25) is 0 Å². The Morgan fingerprint density at radius 1 is 1.07 bits per heavy atom. The van der Waals surface area contributed by atoms with Gasteiger partial charge in [-0.15, -0.1) is 4.99 Å². The van der Waals surface area contributed by atoms with Gasteiger partial charge in [-0.05, 0) is 100 Å². The van der Waals surface area contributed by atoms with Crippen LogP contribution in [0.3, 0.4) is 0 Å². The number of nitrogens with zero attached hydrogens (tertiary/aromatic N) is 2. The number of ether oxygens (including phenoxy) is 2. The van der Waals surface area contributed by atoms with E-state index < -0.39 is 12.2 Å². The summed E-state index contributed by atoms with van der Waals surface area (Å²) in [5.41, 5.74) is 15.0. The van der Waals surface area contributed by atoms with E-state index in [2.05, 4.69) is 33.9 Å². The highest BCUT2D eigenvalue weighted by Gasteiger charge is 2.50. The number of hydrogen-bond donors (Lipinski definition) is 9. The van der Waals surface area contributed by atoms with E-state index in [1.807, 2.05) is 32.2 Å². The zero-order valence-corrected chi connectivity index (χ0v) is 37.6.